The normalized spacial score (nSPS) is 17.4. The van der Waals surface area contributed by atoms with Crippen LogP contribution in [0.1, 0.15) is 6.42 Å². The van der Waals surface area contributed by atoms with Gasteiger partial charge in [-0.2, -0.15) is 0 Å². The highest BCUT2D eigenvalue weighted by molar-refractivity contribution is 8.15. The molecule has 1 heterocycles. The van der Waals surface area contributed by atoms with E-state index < -0.39 is 5.25 Å². The van der Waals surface area contributed by atoms with Crippen molar-refractivity contribution in [3.8, 4) is 11.5 Å². The van der Waals surface area contributed by atoms with Gasteiger partial charge in [-0.15, -0.1) is 6.58 Å². The Balaban J connectivity index is 1.52. The third kappa shape index (κ3) is 5.46. The molecule has 27 heavy (non-hydrogen) atoms. The van der Waals surface area contributed by atoms with Crippen molar-refractivity contribution in [2.45, 2.75) is 11.7 Å². The summed E-state index contributed by atoms with van der Waals surface area (Å²) in [5.41, 5.74) is 0.643. The van der Waals surface area contributed by atoms with Crippen LogP contribution in [0.25, 0.3) is 0 Å². The maximum absolute atomic E-state index is 12.2. The minimum absolute atomic E-state index is 0.0753. The van der Waals surface area contributed by atoms with Crippen molar-refractivity contribution < 1.29 is 14.3 Å². The molecule has 7 heteroatoms. The largest absolute Gasteiger partial charge is 0.457 e. The zero-order valence-corrected chi connectivity index (χ0v) is 15.4. The first kappa shape index (κ1) is 18.7. The maximum Gasteiger partial charge on any atom is 0.240 e. The van der Waals surface area contributed by atoms with Gasteiger partial charge in [0.05, 0.1) is 6.54 Å². The molecule has 0 radical (unpaired) electrons. The van der Waals surface area contributed by atoms with E-state index in [-0.39, 0.29) is 18.2 Å². The first-order valence-corrected chi connectivity index (χ1v) is 9.27. The molecule has 0 aromatic heterocycles. The van der Waals surface area contributed by atoms with Gasteiger partial charge in [0, 0.05) is 12.1 Å². The molecule has 0 bridgehead atoms. The summed E-state index contributed by atoms with van der Waals surface area (Å²) >= 11 is 1.26. The fourth-order valence-electron chi connectivity index (χ4n) is 2.37. The predicted octanol–water partition coefficient (Wildman–Crippen LogP) is 3.58. The summed E-state index contributed by atoms with van der Waals surface area (Å²) in [6.45, 7) is 4.01. The summed E-state index contributed by atoms with van der Waals surface area (Å²) < 4.78 is 5.71. The van der Waals surface area contributed by atoms with Gasteiger partial charge in [-0.1, -0.05) is 36.0 Å². The molecule has 2 aromatic rings. The van der Waals surface area contributed by atoms with E-state index in [4.69, 9.17) is 4.74 Å². The van der Waals surface area contributed by atoms with Crippen molar-refractivity contribution in [2.75, 3.05) is 11.9 Å². The van der Waals surface area contributed by atoms with Gasteiger partial charge in [0.15, 0.2) is 5.17 Å². The predicted molar refractivity (Wildman–Crippen MR) is 108 cm³/mol. The molecule has 1 aliphatic heterocycles. The average molecular weight is 381 g/mol. The van der Waals surface area contributed by atoms with Gasteiger partial charge in [0.25, 0.3) is 0 Å². The zero-order chi connectivity index (χ0) is 19.1. The zero-order valence-electron chi connectivity index (χ0n) is 14.6. The van der Waals surface area contributed by atoms with E-state index >= 15 is 0 Å². The van der Waals surface area contributed by atoms with Crippen molar-refractivity contribution >= 4 is 34.4 Å². The molecule has 6 nitrogen and oxygen atoms in total. The number of amidine groups is 1. The molecule has 0 aliphatic carbocycles. The molecule has 0 unspecified atom stereocenters. The number of carbonyl (C=O) groups excluding carboxylic acids is 2. The standard InChI is InChI=1S/C20H19N3O3S/c1-2-12-21-20-23-19(25)17(27-20)13-18(24)22-14-8-10-16(11-9-14)26-15-6-4-3-5-7-15/h2-11,17H,1,12-13H2,(H,22,24)(H,21,23,25)/t17-/m0/s1. The van der Waals surface area contributed by atoms with Crippen LogP contribution < -0.4 is 15.4 Å². The number of para-hydroxylation sites is 1. The van der Waals surface area contributed by atoms with Crippen LogP contribution >= 0.6 is 11.8 Å². The van der Waals surface area contributed by atoms with E-state index in [1.807, 2.05) is 30.3 Å². The van der Waals surface area contributed by atoms with Crippen LogP contribution in [0.4, 0.5) is 5.69 Å². The Morgan fingerprint density at radius 1 is 1.19 bits per heavy atom. The Hall–Kier alpha value is -3.06. The second-order valence-electron chi connectivity index (χ2n) is 5.72. The third-order valence-electron chi connectivity index (χ3n) is 3.63. The second kappa shape index (κ2) is 9.05. The second-order valence-corrected chi connectivity index (χ2v) is 6.91. The molecule has 3 rings (SSSR count). The van der Waals surface area contributed by atoms with Crippen LogP contribution in [0.5, 0.6) is 11.5 Å². The maximum atomic E-state index is 12.2. The summed E-state index contributed by atoms with van der Waals surface area (Å²) in [6.07, 6.45) is 1.72. The van der Waals surface area contributed by atoms with Crippen molar-refractivity contribution in [1.29, 1.82) is 0 Å². The minimum atomic E-state index is -0.478. The Labute approximate surface area is 161 Å². The number of nitrogens with one attached hydrogen (secondary N) is 2. The molecule has 2 aromatic carbocycles. The SMILES string of the molecule is C=CCN=C1NC(=O)[C@H](CC(=O)Nc2ccc(Oc3ccccc3)cc2)S1. The van der Waals surface area contributed by atoms with Crippen molar-refractivity contribution in [3.63, 3.8) is 0 Å². The van der Waals surface area contributed by atoms with Crippen LogP contribution in [0.2, 0.25) is 0 Å². The molecule has 1 aliphatic rings. The van der Waals surface area contributed by atoms with Gasteiger partial charge in [-0.3, -0.25) is 14.6 Å². The molecular weight excluding hydrogens is 362 g/mol. The lowest BCUT2D eigenvalue weighted by Gasteiger charge is -2.09. The van der Waals surface area contributed by atoms with Gasteiger partial charge >= 0.3 is 0 Å². The van der Waals surface area contributed by atoms with Crippen molar-refractivity contribution in [1.82, 2.24) is 5.32 Å². The lowest BCUT2D eigenvalue weighted by molar-refractivity contribution is -0.122. The van der Waals surface area contributed by atoms with Gasteiger partial charge < -0.3 is 15.4 Å². The van der Waals surface area contributed by atoms with Crippen LogP contribution in [0.15, 0.2) is 72.2 Å². The van der Waals surface area contributed by atoms with Crippen LogP contribution in [0, 0.1) is 0 Å². The van der Waals surface area contributed by atoms with E-state index in [0.717, 1.165) is 5.75 Å². The highest BCUT2D eigenvalue weighted by Gasteiger charge is 2.31. The van der Waals surface area contributed by atoms with Gasteiger partial charge in [0.1, 0.15) is 16.7 Å². The Kier molecular flexibility index (Phi) is 6.27. The molecular formula is C20H19N3O3S. The van der Waals surface area contributed by atoms with E-state index in [2.05, 4.69) is 22.2 Å². The number of amides is 2. The molecule has 2 N–H and O–H groups in total. The molecule has 0 spiro atoms. The fraction of sp³-hybridized carbons (Fsp3) is 0.150. The number of benzene rings is 2. The first-order valence-electron chi connectivity index (χ1n) is 8.40. The van der Waals surface area contributed by atoms with Crippen molar-refractivity contribution in [3.05, 3.63) is 67.3 Å². The first-order chi connectivity index (χ1) is 13.1. The smallest absolute Gasteiger partial charge is 0.240 e. The van der Waals surface area contributed by atoms with E-state index in [9.17, 15) is 9.59 Å². The minimum Gasteiger partial charge on any atom is -0.457 e. The molecule has 138 valence electrons. The number of rotatable bonds is 7. The Morgan fingerprint density at radius 3 is 2.59 bits per heavy atom. The van der Waals surface area contributed by atoms with Gasteiger partial charge in [-0.25, -0.2) is 0 Å². The average Bonchev–Trinajstić information content (AvgIpc) is 3.02. The Morgan fingerprint density at radius 2 is 1.89 bits per heavy atom. The lowest BCUT2D eigenvalue weighted by atomic mass is 10.2. The number of aliphatic imine (C=N–C) groups is 1. The highest BCUT2D eigenvalue weighted by Crippen LogP contribution is 2.25. The number of ether oxygens (including phenoxy) is 1. The van der Waals surface area contributed by atoms with E-state index in [1.165, 1.54) is 11.8 Å². The summed E-state index contributed by atoms with van der Waals surface area (Å²) in [4.78, 5) is 28.3. The number of hydrogen-bond donors (Lipinski definition) is 2. The summed E-state index contributed by atoms with van der Waals surface area (Å²) in [5.74, 6) is 0.981. The summed E-state index contributed by atoms with van der Waals surface area (Å²) in [6, 6.07) is 16.5. The topological polar surface area (TPSA) is 79.8 Å². The number of carbonyl (C=O) groups is 2. The van der Waals surface area contributed by atoms with Crippen LogP contribution in [-0.2, 0) is 9.59 Å². The van der Waals surface area contributed by atoms with Crippen molar-refractivity contribution in [2.24, 2.45) is 4.99 Å². The number of hydrogen-bond acceptors (Lipinski definition) is 5. The van der Waals surface area contributed by atoms with E-state index in [0.29, 0.717) is 23.1 Å². The van der Waals surface area contributed by atoms with Gasteiger partial charge in [0.2, 0.25) is 11.8 Å². The fourth-order valence-corrected chi connectivity index (χ4v) is 3.35. The molecule has 0 saturated carbocycles. The number of anilines is 1. The number of nitrogens with zero attached hydrogens (tertiary/aromatic N) is 1. The molecule has 1 fully saturated rings. The Bertz CT molecular complexity index is 851. The van der Waals surface area contributed by atoms with Gasteiger partial charge in [-0.05, 0) is 36.4 Å². The molecule has 2 amide bonds. The van der Waals surface area contributed by atoms with Crippen LogP contribution in [-0.4, -0.2) is 28.8 Å². The molecule has 1 saturated heterocycles. The van der Waals surface area contributed by atoms with Crippen LogP contribution in [0.3, 0.4) is 0 Å². The lowest BCUT2D eigenvalue weighted by Crippen LogP contribution is -2.28. The molecule has 1 atom stereocenters. The van der Waals surface area contributed by atoms with E-state index in [1.54, 1.807) is 30.3 Å². The summed E-state index contributed by atoms with van der Waals surface area (Å²) in [7, 11) is 0. The monoisotopic (exact) mass is 381 g/mol. The highest BCUT2D eigenvalue weighted by atomic mass is 32.2. The number of thioether (sulfide) groups is 1. The summed E-state index contributed by atoms with van der Waals surface area (Å²) in [5, 5.41) is 5.51. The quantitative estimate of drug-likeness (QED) is 0.719. The third-order valence-corrected chi connectivity index (χ3v) is 4.75.